The number of amides is 2. The molecule has 1 N–H and O–H groups in total. The number of imide groups is 1. The monoisotopic (exact) mass is 431 g/mol. The van der Waals surface area contributed by atoms with Crippen LogP contribution in [0.15, 0.2) is 0 Å². The summed E-state index contributed by atoms with van der Waals surface area (Å²) in [6.45, 7) is 11.5. The smallest absolute Gasteiger partial charge is 0.420 e. The van der Waals surface area contributed by atoms with Crippen LogP contribution in [0.25, 0.3) is 0 Å². The number of aliphatic hydroxyl groups is 1. The second-order valence-electron chi connectivity index (χ2n) is 9.54. The van der Waals surface area contributed by atoms with Crippen LogP contribution in [0.3, 0.4) is 0 Å². The second kappa shape index (κ2) is 10.4. The van der Waals surface area contributed by atoms with Crippen LogP contribution in [0, 0.1) is 0 Å². The molecule has 1 heterocycles. The van der Waals surface area contributed by atoms with Gasteiger partial charge in [0.1, 0.15) is 29.5 Å². The normalized spacial score (nSPS) is 26.4. The first-order valence-corrected chi connectivity index (χ1v) is 10.3. The van der Waals surface area contributed by atoms with Crippen molar-refractivity contribution in [3.8, 4) is 0 Å². The predicted octanol–water partition coefficient (Wildman–Crippen LogP) is 3.41. The zero-order valence-electron chi connectivity index (χ0n) is 19.4. The van der Waals surface area contributed by atoms with Gasteiger partial charge < -0.3 is 24.1 Å². The Morgan fingerprint density at radius 3 is 1.90 bits per heavy atom. The molecule has 9 nitrogen and oxygen atoms in total. The molecule has 174 valence electrons. The van der Waals surface area contributed by atoms with Crippen LogP contribution in [0.2, 0.25) is 0 Å². The van der Waals surface area contributed by atoms with E-state index in [1.807, 2.05) is 0 Å². The fourth-order valence-corrected chi connectivity index (χ4v) is 3.05. The number of hydrogen-bond donors (Lipinski definition) is 1. The molecule has 0 aromatic heterocycles. The number of carbonyl (C=O) groups is 3. The maximum absolute atomic E-state index is 12.9. The van der Waals surface area contributed by atoms with E-state index in [1.54, 1.807) is 48.5 Å². The van der Waals surface area contributed by atoms with Crippen LogP contribution in [0.4, 0.5) is 9.59 Å². The molecular formula is C21H37NO8. The van der Waals surface area contributed by atoms with Crippen molar-refractivity contribution in [2.75, 3.05) is 7.11 Å². The average Bonchev–Trinajstić information content (AvgIpc) is 2.55. The van der Waals surface area contributed by atoms with Crippen molar-refractivity contribution in [3.05, 3.63) is 0 Å². The highest BCUT2D eigenvalue weighted by Gasteiger charge is 2.42. The lowest BCUT2D eigenvalue weighted by Crippen LogP contribution is -2.53. The molecule has 30 heavy (non-hydrogen) atoms. The zero-order chi connectivity index (χ0) is 23.3. The topological polar surface area (TPSA) is 112 Å². The van der Waals surface area contributed by atoms with Gasteiger partial charge in [0.05, 0.1) is 6.10 Å². The molecule has 0 radical (unpaired) electrons. The van der Waals surface area contributed by atoms with Crippen LogP contribution in [-0.4, -0.2) is 70.8 Å². The molecule has 1 aliphatic heterocycles. The lowest BCUT2D eigenvalue weighted by molar-refractivity contribution is -0.166. The van der Waals surface area contributed by atoms with Gasteiger partial charge in [-0.3, -0.25) is 0 Å². The van der Waals surface area contributed by atoms with E-state index < -0.39 is 53.7 Å². The molecule has 0 saturated carbocycles. The van der Waals surface area contributed by atoms with Gasteiger partial charge in [-0.2, -0.15) is 4.90 Å². The van der Waals surface area contributed by atoms with Crippen molar-refractivity contribution < 1.29 is 38.4 Å². The van der Waals surface area contributed by atoms with E-state index in [4.69, 9.17) is 18.9 Å². The molecule has 2 amide bonds. The SMILES string of the molecule is CO[C@H]1CCCC[C@H](N(C(=O)OC(C)(C)C)C(=O)OC(C)(C)C)C(=O)O[C@@H](C)[C@@H]1O. The summed E-state index contributed by atoms with van der Waals surface area (Å²) in [7, 11) is 1.49. The van der Waals surface area contributed by atoms with Gasteiger partial charge in [-0.05, 0) is 61.3 Å². The quantitative estimate of drug-likeness (QED) is 0.523. The first-order chi connectivity index (χ1) is 13.7. The van der Waals surface area contributed by atoms with E-state index in [-0.39, 0.29) is 6.42 Å². The Morgan fingerprint density at radius 2 is 1.47 bits per heavy atom. The van der Waals surface area contributed by atoms with E-state index >= 15 is 0 Å². The molecule has 1 rings (SSSR count). The number of cyclic esters (lactones) is 1. The molecule has 0 spiro atoms. The highest BCUT2D eigenvalue weighted by Crippen LogP contribution is 2.24. The maximum Gasteiger partial charge on any atom is 0.420 e. The second-order valence-corrected chi connectivity index (χ2v) is 9.54. The zero-order valence-corrected chi connectivity index (χ0v) is 19.4. The van der Waals surface area contributed by atoms with Crippen molar-refractivity contribution in [2.45, 2.75) is 110 Å². The summed E-state index contributed by atoms with van der Waals surface area (Å²) in [6, 6.07) is -1.23. The molecule has 0 unspecified atom stereocenters. The highest BCUT2D eigenvalue weighted by molar-refractivity contribution is 5.94. The van der Waals surface area contributed by atoms with Gasteiger partial charge in [0.2, 0.25) is 0 Å². The number of nitrogens with zero attached hydrogens (tertiary/aromatic N) is 1. The Hall–Kier alpha value is -1.87. The number of rotatable bonds is 2. The van der Waals surface area contributed by atoms with E-state index in [9.17, 15) is 19.5 Å². The summed E-state index contributed by atoms with van der Waals surface area (Å²) < 4.78 is 21.4. The van der Waals surface area contributed by atoms with Gasteiger partial charge >= 0.3 is 18.2 Å². The molecule has 0 aliphatic carbocycles. The maximum atomic E-state index is 12.9. The Kier molecular flexibility index (Phi) is 9.10. The van der Waals surface area contributed by atoms with Crippen molar-refractivity contribution >= 4 is 18.2 Å². The average molecular weight is 432 g/mol. The molecule has 1 aliphatic rings. The summed E-state index contributed by atoms with van der Waals surface area (Å²) in [6.07, 6.45) is -2.52. The predicted molar refractivity (Wildman–Crippen MR) is 109 cm³/mol. The number of carbonyl (C=O) groups excluding carboxylic acids is 3. The fourth-order valence-electron chi connectivity index (χ4n) is 3.05. The standard InChI is InChI=1S/C21H37NO8/c1-13-16(23)15(27-8)12-10-9-11-14(17(24)28-13)22(18(25)29-20(2,3)4)19(26)30-21(5,6)7/h13-16,23H,9-12H2,1-8H3/t13-,14-,15-,16-/m0/s1. The summed E-state index contributed by atoms with van der Waals surface area (Å²) >= 11 is 0. The molecule has 1 saturated heterocycles. The van der Waals surface area contributed by atoms with Crippen LogP contribution < -0.4 is 0 Å². The van der Waals surface area contributed by atoms with Gasteiger partial charge in [-0.15, -0.1) is 0 Å². The summed E-state index contributed by atoms with van der Waals surface area (Å²) in [5.41, 5.74) is -1.77. The lowest BCUT2D eigenvalue weighted by atomic mass is 9.99. The third kappa shape index (κ3) is 8.10. The van der Waals surface area contributed by atoms with Crippen LogP contribution in [-0.2, 0) is 23.7 Å². The Labute approximate surface area is 179 Å². The molecule has 1 fully saturated rings. The van der Waals surface area contributed by atoms with Gasteiger partial charge in [-0.1, -0.05) is 12.8 Å². The van der Waals surface area contributed by atoms with Gasteiger partial charge in [0.15, 0.2) is 0 Å². The Bertz CT molecular complexity index is 579. The number of aliphatic hydroxyl groups excluding tert-OH is 1. The van der Waals surface area contributed by atoms with Crippen LogP contribution >= 0.6 is 0 Å². The molecular weight excluding hydrogens is 394 g/mol. The summed E-state index contributed by atoms with van der Waals surface area (Å²) in [5.74, 6) is -0.810. The first kappa shape index (κ1) is 26.2. The van der Waals surface area contributed by atoms with Crippen molar-refractivity contribution in [3.63, 3.8) is 0 Å². The summed E-state index contributed by atoms with van der Waals surface area (Å²) in [5, 5.41) is 10.4. The van der Waals surface area contributed by atoms with Crippen molar-refractivity contribution in [1.82, 2.24) is 4.90 Å². The van der Waals surface area contributed by atoms with Crippen LogP contribution in [0.1, 0.15) is 74.1 Å². The molecule has 0 bridgehead atoms. The largest absolute Gasteiger partial charge is 0.458 e. The fraction of sp³-hybridized carbons (Fsp3) is 0.857. The number of esters is 1. The van der Waals surface area contributed by atoms with E-state index in [0.29, 0.717) is 24.2 Å². The first-order valence-electron chi connectivity index (χ1n) is 10.3. The van der Waals surface area contributed by atoms with E-state index in [2.05, 4.69) is 0 Å². The van der Waals surface area contributed by atoms with Gasteiger partial charge in [-0.25, -0.2) is 14.4 Å². The van der Waals surface area contributed by atoms with Gasteiger partial charge in [0, 0.05) is 7.11 Å². The van der Waals surface area contributed by atoms with Crippen molar-refractivity contribution in [2.24, 2.45) is 0 Å². The van der Waals surface area contributed by atoms with Gasteiger partial charge in [0.25, 0.3) is 0 Å². The minimum atomic E-state index is -1.23. The van der Waals surface area contributed by atoms with E-state index in [0.717, 1.165) is 0 Å². The summed E-state index contributed by atoms with van der Waals surface area (Å²) in [4.78, 5) is 39.3. The third-order valence-corrected chi connectivity index (χ3v) is 4.45. The van der Waals surface area contributed by atoms with E-state index in [1.165, 1.54) is 7.11 Å². The molecule has 9 heteroatoms. The third-order valence-electron chi connectivity index (χ3n) is 4.45. The minimum Gasteiger partial charge on any atom is -0.458 e. The Balaban J connectivity index is 3.22. The number of methoxy groups -OCH3 is 1. The lowest BCUT2D eigenvalue weighted by Gasteiger charge is -2.34. The van der Waals surface area contributed by atoms with Crippen LogP contribution in [0.5, 0.6) is 0 Å². The molecule has 0 aromatic carbocycles. The number of hydrogen-bond acceptors (Lipinski definition) is 8. The number of ether oxygens (including phenoxy) is 4. The molecule has 0 aromatic rings. The minimum absolute atomic E-state index is 0.177. The molecule has 4 atom stereocenters. The van der Waals surface area contributed by atoms with Crippen molar-refractivity contribution in [1.29, 1.82) is 0 Å². The highest BCUT2D eigenvalue weighted by atomic mass is 16.6. The Morgan fingerprint density at radius 1 is 1.00 bits per heavy atom.